The Balaban J connectivity index is 1.73. The maximum atomic E-state index is 13.5. The summed E-state index contributed by atoms with van der Waals surface area (Å²) in [5, 5.41) is 2.98. The zero-order valence-electron chi connectivity index (χ0n) is 8.30. The van der Waals surface area contributed by atoms with Gasteiger partial charge >= 0.3 is 0 Å². The van der Waals surface area contributed by atoms with Crippen LogP contribution in [0.2, 0.25) is 0 Å². The maximum Gasteiger partial charge on any atom is 0.135 e. The lowest BCUT2D eigenvalue weighted by atomic mass is 9.92. The highest BCUT2D eigenvalue weighted by Crippen LogP contribution is 2.23. The van der Waals surface area contributed by atoms with E-state index in [0.717, 1.165) is 12.8 Å². The zero-order chi connectivity index (χ0) is 9.86. The molecule has 0 unspecified atom stereocenters. The van der Waals surface area contributed by atoms with Crippen LogP contribution in [0.3, 0.4) is 0 Å². The number of benzene rings is 1. The number of aryl methyl sites for hydroxylation is 1. The third-order valence-electron chi connectivity index (χ3n) is 2.82. The monoisotopic (exact) mass is 193 g/mol. The fourth-order valence-electron chi connectivity index (χ4n) is 1.83. The van der Waals surface area contributed by atoms with Crippen LogP contribution in [0.1, 0.15) is 18.4 Å². The summed E-state index contributed by atoms with van der Waals surface area (Å²) in [6, 6.07) is 10.3. The van der Waals surface area contributed by atoms with Gasteiger partial charge in [0.15, 0.2) is 0 Å². The Hall–Kier alpha value is -0.890. The van der Waals surface area contributed by atoms with Crippen molar-refractivity contribution in [3.8, 4) is 0 Å². The third kappa shape index (κ3) is 2.32. The predicted molar refractivity (Wildman–Crippen MR) is 56.1 cm³/mol. The molecule has 1 saturated heterocycles. The summed E-state index contributed by atoms with van der Waals surface area (Å²) in [5.41, 5.74) is 0.401. The molecule has 0 aliphatic carbocycles. The molecule has 2 rings (SSSR count). The fraction of sp³-hybridized carbons (Fsp3) is 0.500. The number of rotatable bonds is 4. The SMILES string of the molecule is FC1(CCCc2ccccc2)CNC1. The second-order valence-corrected chi connectivity index (χ2v) is 4.09. The van der Waals surface area contributed by atoms with Crippen molar-refractivity contribution in [1.29, 1.82) is 0 Å². The van der Waals surface area contributed by atoms with Gasteiger partial charge in [0.05, 0.1) is 0 Å². The Labute approximate surface area is 84.3 Å². The lowest BCUT2D eigenvalue weighted by Gasteiger charge is -2.34. The van der Waals surface area contributed by atoms with Crippen molar-refractivity contribution in [3.05, 3.63) is 35.9 Å². The molecule has 0 saturated carbocycles. The summed E-state index contributed by atoms with van der Waals surface area (Å²) in [6.45, 7) is 1.09. The molecule has 0 aromatic heterocycles. The van der Waals surface area contributed by atoms with E-state index in [0.29, 0.717) is 19.5 Å². The standard InChI is InChI=1S/C12H16FN/c13-12(9-14-10-12)8-4-7-11-5-2-1-3-6-11/h1-3,5-6,14H,4,7-10H2. The van der Waals surface area contributed by atoms with Crippen LogP contribution in [0.4, 0.5) is 4.39 Å². The number of hydrogen-bond donors (Lipinski definition) is 1. The van der Waals surface area contributed by atoms with Gasteiger partial charge in [0.2, 0.25) is 0 Å². The van der Waals surface area contributed by atoms with Gasteiger partial charge in [-0.05, 0) is 24.8 Å². The van der Waals surface area contributed by atoms with Crippen LogP contribution >= 0.6 is 0 Å². The van der Waals surface area contributed by atoms with E-state index < -0.39 is 5.67 Å². The van der Waals surface area contributed by atoms with Gasteiger partial charge in [-0.25, -0.2) is 4.39 Å². The van der Waals surface area contributed by atoms with Gasteiger partial charge in [-0.15, -0.1) is 0 Å². The Morgan fingerprint density at radius 3 is 2.50 bits per heavy atom. The van der Waals surface area contributed by atoms with E-state index in [1.807, 2.05) is 18.2 Å². The molecule has 1 N–H and O–H groups in total. The molecule has 1 fully saturated rings. The molecule has 0 atom stereocenters. The highest BCUT2D eigenvalue weighted by molar-refractivity contribution is 5.14. The van der Waals surface area contributed by atoms with Gasteiger partial charge in [0, 0.05) is 13.1 Å². The molecular weight excluding hydrogens is 177 g/mol. The van der Waals surface area contributed by atoms with Gasteiger partial charge in [-0.3, -0.25) is 0 Å². The van der Waals surface area contributed by atoms with E-state index in [9.17, 15) is 4.39 Å². The summed E-state index contributed by atoms with van der Waals surface area (Å²) >= 11 is 0. The lowest BCUT2D eigenvalue weighted by molar-refractivity contribution is 0.0782. The molecular formula is C12H16FN. The Morgan fingerprint density at radius 1 is 1.21 bits per heavy atom. The number of hydrogen-bond acceptors (Lipinski definition) is 1. The predicted octanol–water partition coefficient (Wildman–Crippen LogP) is 2.32. The Bertz CT molecular complexity index is 280. The molecule has 1 aliphatic rings. The smallest absolute Gasteiger partial charge is 0.135 e. The van der Waals surface area contributed by atoms with Crippen LogP contribution in [0.25, 0.3) is 0 Å². The first-order valence-electron chi connectivity index (χ1n) is 5.22. The molecule has 1 aromatic carbocycles. The summed E-state index contributed by atoms with van der Waals surface area (Å²) in [6.07, 6.45) is 2.63. The third-order valence-corrected chi connectivity index (χ3v) is 2.82. The minimum absolute atomic E-state index is 0.543. The van der Waals surface area contributed by atoms with Gasteiger partial charge in [-0.2, -0.15) is 0 Å². The molecule has 2 heteroatoms. The quantitative estimate of drug-likeness (QED) is 0.773. The molecule has 0 amide bonds. The van der Waals surface area contributed by atoms with Gasteiger partial charge in [0.1, 0.15) is 5.67 Å². The van der Waals surface area contributed by atoms with Crippen LogP contribution in [0, 0.1) is 0 Å². The Morgan fingerprint density at radius 2 is 1.93 bits per heavy atom. The second-order valence-electron chi connectivity index (χ2n) is 4.09. The van der Waals surface area contributed by atoms with Crippen molar-refractivity contribution in [2.75, 3.05) is 13.1 Å². The van der Waals surface area contributed by atoms with Gasteiger partial charge in [-0.1, -0.05) is 30.3 Å². The zero-order valence-corrected chi connectivity index (χ0v) is 8.30. The van der Waals surface area contributed by atoms with Crippen LogP contribution in [-0.2, 0) is 6.42 Å². The fourth-order valence-corrected chi connectivity index (χ4v) is 1.83. The van der Waals surface area contributed by atoms with Crippen LogP contribution < -0.4 is 5.32 Å². The molecule has 0 bridgehead atoms. The van der Waals surface area contributed by atoms with Gasteiger partial charge < -0.3 is 5.32 Å². The average molecular weight is 193 g/mol. The number of alkyl halides is 1. The molecule has 1 nitrogen and oxygen atoms in total. The van der Waals surface area contributed by atoms with Crippen molar-refractivity contribution in [2.45, 2.75) is 24.9 Å². The number of halogens is 1. The van der Waals surface area contributed by atoms with E-state index in [1.165, 1.54) is 5.56 Å². The van der Waals surface area contributed by atoms with Crippen LogP contribution in [0.5, 0.6) is 0 Å². The van der Waals surface area contributed by atoms with Crippen molar-refractivity contribution in [3.63, 3.8) is 0 Å². The molecule has 14 heavy (non-hydrogen) atoms. The van der Waals surface area contributed by atoms with E-state index in [4.69, 9.17) is 0 Å². The maximum absolute atomic E-state index is 13.5. The topological polar surface area (TPSA) is 12.0 Å². The van der Waals surface area contributed by atoms with Crippen molar-refractivity contribution in [1.82, 2.24) is 5.32 Å². The van der Waals surface area contributed by atoms with E-state index in [1.54, 1.807) is 0 Å². The molecule has 76 valence electrons. The molecule has 1 heterocycles. The van der Waals surface area contributed by atoms with E-state index >= 15 is 0 Å². The largest absolute Gasteiger partial charge is 0.310 e. The number of nitrogens with one attached hydrogen (secondary N) is 1. The van der Waals surface area contributed by atoms with Gasteiger partial charge in [0.25, 0.3) is 0 Å². The molecule has 0 spiro atoms. The first-order chi connectivity index (χ1) is 6.79. The van der Waals surface area contributed by atoms with Crippen LogP contribution in [0.15, 0.2) is 30.3 Å². The van der Waals surface area contributed by atoms with E-state index in [2.05, 4.69) is 17.4 Å². The van der Waals surface area contributed by atoms with Crippen LogP contribution in [-0.4, -0.2) is 18.8 Å². The first kappa shape index (κ1) is 9.66. The van der Waals surface area contributed by atoms with Crippen molar-refractivity contribution < 1.29 is 4.39 Å². The minimum Gasteiger partial charge on any atom is -0.310 e. The Kier molecular flexibility index (Phi) is 2.82. The summed E-state index contributed by atoms with van der Waals surface area (Å²) in [4.78, 5) is 0. The lowest BCUT2D eigenvalue weighted by Crippen LogP contribution is -2.56. The van der Waals surface area contributed by atoms with Crippen molar-refractivity contribution in [2.24, 2.45) is 0 Å². The summed E-state index contributed by atoms with van der Waals surface area (Å²) < 4.78 is 13.5. The minimum atomic E-state index is -0.908. The van der Waals surface area contributed by atoms with Crippen molar-refractivity contribution >= 4 is 0 Å². The molecule has 1 aromatic rings. The highest BCUT2D eigenvalue weighted by Gasteiger charge is 2.35. The molecule has 0 radical (unpaired) electrons. The highest BCUT2D eigenvalue weighted by atomic mass is 19.1. The molecule has 1 aliphatic heterocycles. The second kappa shape index (κ2) is 4.09. The average Bonchev–Trinajstić information content (AvgIpc) is 2.17. The van der Waals surface area contributed by atoms with E-state index in [-0.39, 0.29) is 0 Å². The first-order valence-corrected chi connectivity index (χ1v) is 5.22. The summed E-state index contributed by atoms with van der Waals surface area (Å²) in [5.74, 6) is 0. The normalized spacial score (nSPS) is 18.9. The summed E-state index contributed by atoms with van der Waals surface area (Å²) in [7, 11) is 0.